The molecule has 3 heterocycles. The summed E-state index contributed by atoms with van der Waals surface area (Å²) >= 11 is 6.52. The van der Waals surface area contributed by atoms with Gasteiger partial charge in [-0.25, -0.2) is 8.91 Å². The molecule has 0 aliphatic heterocycles. The van der Waals surface area contributed by atoms with Gasteiger partial charge in [0.1, 0.15) is 5.69 Å². The van der Waals surface area contributed by atoms with E-state index >= 15 is 4.39 Å². The van der Waals surface area contributed by atoms with Crippen molar-refractivity contribution in [2.45, 2.75) is 18.9 Å². The van der Waals surface area contributed by atoms with Gasteiger partial charge in [0.2, 0.25) is 6.41 Å². The Morgan fingerprint density at radius 1 is 1.43 bits per heavy atom. The highest BCUT2D eigenvalue weighted by atomic mass is 35.5. The third kappa shape index (κ3) is 2.52. The quantitative estimate of drug-likeness (QED) is 0.501. The number of nitrogens with zero attached hydrogens (tertiary/aromatic N) is 4. The first-order chi connectivity index (χ1) is 13.6. The highest BCUT2D eigenvalue weighted by Gasteiger charge is 2.32. The van der Waals surface area contributed by atoms with Crippen LogP contribution in [0.5, 0.6) is 0 Å². The van der Waals surface area contributed by atoms with Crippen molar-refractivity contribution in [3.8, 4) is 11.1 Å². The van der Waals surface area contributed by atoms with Crippen molar-refractivity contribution in [3.63, 3.8) is 0 Å². The predicted octanol–water partition coefficient (Wildman–Crippen LogP) is 3.84. The Kier molecular flexibility index (Phi) is 3.77. The highest BCUT2D eigenvalue weighted by molar-refractivity contribution is 6.36. The summed E-state index contributed by atoms with van der Waals surface area (Å²) in [7, 11) is 1.88. The molecule has 1 aliphatic rings. The van der Waals surface area contributed by atoms with Crippen LogP contribution in [0.4, 0.5) is 15.9 Å². The molecule has 1 aromatic carbocycles. The molecule has 7 nitrogen and oxygen atoms in total. The number of hydrogen-bond acceptors (Lipinski definition) is 4. The summed E-state index contributed by atoms with van der Waals surface area (Å²) in [5.41, 5.74) is 3.13. The zero-order valence-corrected chi connectivity index (χ0v) is 15.7. The minimum absolute atomic E-state index is 0.0616. The van der Waals surface area contributed by atoms with Gasteiger partial charge in [0.05, 0.1) is 22.3 Å². The molecular weight excluding hydrogens is 383 g/mol. The van der Waals surface area contributed by atoms with Crippen LogP contribution in [-0.2, 0) is 4.79 Å². The van der Waals surface area contributed by atoms with Gasteiger partial charge in [0.25, 0.3) is 0 Å². The first kappa shape index (κ1) is 17.0. The van der Waals surface area contributed by atoms with Crippen LogP contribution in [0.3, 0.4) is 0 Å². The van der Waals surface area contributed by atoms with Crippen molar-refractivity contribution in [2.75, 3.05) is 17.3 Å². The number of aromatic amines is 1. The lowest BCUT2D eigenvalue weighted by Crippen LogP contribution is -2.21. The molecule has 1 aliphatic carbocycles. The van der Waals surface area contributed by atoms with E-state index in [1.165, 1.54) is 0 Å². The molecular formula is C19H16ClFN6O. The van der Waals surface area contributed by atoms with Gasteiger partial charge >= 0.3 is 0 Å². The molecule has 4 aromatic rings. The highest BCUT2D eigenvalue weighted by Crippen LogP contribution is 2.44. The standard InChI is InChI=1S/C19H16ClFN6O/c1-26(11-2-3-11)19-17(21)16(20)15(13-8-23-24-18(13)19)10-4-5-27-12(6-10)7-14(25-27)22-9-28/h4-9,11H,2-3H2,1H3,(H,23,24)(H,22,25,28). The first-order valence-electron chi connectivity index (χ1n) is 8.85. The van der Waals surface area contributed by atoms with Crippen LogP contribution < -0.4 is 10.2 Å². The third-order valence-corrected chi connectivity index (χ3v) is 5.53. The van der Waals surface area contributed by atoms with Crippen LogP contribution in [0.25, 0.3) is 27.5 Å². The van der Waals surface area contributed by atoms with Crippen LogP contribution >= 0.6 is 11.6 Å². The number of nitrogens with one attached hydrogen (secondary N) is 2. The lowest BCUT2D eigenvalue weighted by molar-refractivity contribution is -0.105. The minimum atomic E-state index is -0.459. The number of benzene rings is 1. The van der Waals surface area contributed by atoms with Crippen LogP contribution in [0.15, 0.2) is 30.6 Å². The van der Waals surface area contributed by atoms with Crippen LogP contribution in [0.2, 0.25) is 5.02 Å². The minimum Gasteiger partial charge on any atom is -0.367 e. The third-order valence-electron chi connectivity index (χ3n) is 5.17. The van der Waals surface area contributed by atoms with Gasteiger partial charge in [-0.1, -0.05) is 11.6 Å². The molecule has 0 atom stereocenters. The van der Waals surface area contributed by atoms with Gasteiger partial charge in [0, 0.05) is 36.3 Å². The van der Waals surface area contributed by atoms with Gasteiger partial charge in [-0.2, -0.15) is 10.2 Å². The molecule has 0 bridgehead atoms. The molecule has 3 aromatic heterocycles. The zero-order valence-electron chi connectivity index (χ0n) is 14.9. The van der Waals surface area contributed by atoms with Crippen molar-refractivity contribution >= 4 is 45.9 Å². The number of carbonyl (C=O) groups is 1. The predicted molar refractivity (Wildman–Crippen MR) is 106 cm³/mol. The smallest absolute Gasteiger partial charge is 0.212 e. The lowest BCUT2D eigenvalue weighted by atomic mass is 10.0. The van der Waals surface area contributed by atoms with E-state index in [1.807, 2.05) is 24.1 Å². The molecule has 0 unspecified atom stereocenters. The maximum atomic E-state index is 15.3. The number of pyridine rings is 1. The zero-order chi connectivity index (χ0) is 19.4. The molecule has 9 heteroatoms. The van der Waals surface area contributed by atoms with Gasteiger partial charge < -0.3 is 10.2 Å². The Balaban J connectivity index is 1.72. The average Bonchev–Trinajstić information content (AvgIpc) is 3.30. The number of carbonyl (C=O) groups excluding carboxylic acids is 1. The average molecular weight is 399 g/mol. The molecule has 142 valence electrons. The summed E-state index contributed by atoms with van der Waals surface area (Å²) in [4.78, 5) is 12.6. The van der Waals surface area contributed by atoms with Crippen LogP contribution in [0, 0.1) is 5.82 Å². The fraction of sp³-hybridized carbons (Fsp3) is 0.211. The van der Waals surface area contributed by atoms with E-state index in [0.717, 1.165) is 29.3 Å². The van der Waals surface area contributed by atoms with E-state index in [4.69, 9.17) is 11.6 Å². The molecule has 28 heavy (non-hydrogen) atoms. The van der Waals surface area contributed by atoms with Gasteiger partial charge in [-0.15, -0.1) is 0 Å². The van der Waals surface area contributed by atoms with E-state index in [-0.39, 0.29) is 5.02 Å². The number of halogens is 2. The molecule has 1 amide bonds. The van der Waals surface area contributed by atoms with E-state index in [2.05, 4.69) is 20.6 Å². The largest absolute Gasteiger partial charge is 0.367 e. The Bertz CT molecular complexity index is 1230. The normalized spacial score (nSPS) is 14.0. The van der Waals surface area contributed by atoms with E-state index in [1.54, 1.807) is 23.0 Å². The van der Waals surface area contributed by atoms with Gasteiger partial charge in [-0.3, -0.25) is 9.89 Å². The summed E-state index contributed by atoms with van der Waals surface area (Å²) in [6.07, 6.45) is 6.06. The summed E-state index contributed by atoms with van der Waals surface area (Å²) in [5, 5.41) is 14.6. The fourth-order valence-electron chi connectivity index (χ4n) is 3.64. The van der Waals surface area contributed by atoms with Crippen molar-refractivity contribution < 1.29 is 9.18 Å². The molecule has 2 N–H and O–H groups in total. The number of amides is 1. The number of hydrogen-bond donors (Lipinski definition) is 2. The second-order valence-corrected chi connectivity index (χ2v) is 7.31. The number of aromatic nitrogens is 4. The van der Waals surface area contributed by atoms with E-state index in [9.17, 15) is 4.79 Å². The lowest BCUT2D eigenvalue weighted by Gasteiger charge is -2.22. The van der Waals surface area contributed by atoms with Crippen molar-refractivity contribution in [2.24, 2.45) is 0 Å². The monoisotopic (exact) mass is 398 g/mol. The van der Waals surface area contributed by atoms with E-state index in [0.29, 0.717) is 35.0 Å². The molecule has 1 saturated carbocycles. The number of H-pyrrole nitrogens is 1. The van der Waals surface area contributed by atoms with Crippen molar-refractivity contribution in [1.82, 2.24) is 19.8 Å². The summed E-state index contributed by atoms with van der Waals surface area (Å²) < 4.78 is 17.0. The number of fused-ring (bicyclic) bond motifs is 2. The number of anilines is 2. The molecule has 5 rings (SSSR count). The Labute approximate surface area is 164 Å². The second kappa shape index (κ2) is 6.20. The fourth-order valence-corrected chi connectivity index (χ4v) is 3.94. The maximum absolute atomic E-state index is 15.3. The maximum Gasteiger partial charge on any atom is 0.212 e. The second-order valence-electron chi connectivity index (χ2n) is 6.93. The van der Waals surface area contributed by atoms with Gasteiger partial charge in [-0.05, 0) is 30.5 Å². The summed E-state index contributed by atoms with van der Waals surface area (Å²) in [6, 6.07) is 5.71. The topological polar surface area (TPSA) is 78.3 Å². The Hall–Kier alpha value is -3.13. The van der Waals surface area contributed by atoms with Crippen molar-refractivity contribution in [3.05, 3.63) is 41.4 Å². The number of rotatable bonds is 5. The Morgan fingerprint density at radius 3 is 3.00 bits per heavy atom. The molecule has 0 radical (unpaired) electrons. The van der Waals surface area contributed by atoms with E-state index < -0.39 is 5.82 Å². The van der Waals surface area contributed by atoms with Gasteiger partial charge in [0.15, 0.2) is 11.6 Å². The van der Waals surface area contributed by atoms with Crippen molar-refractivity contribution in [1.29, 1.82) is 0 Å². The Morgan fingerprint density at radius 2 is 2.25 bits per heavy atom. The van der Waals surface area contributed by atoms with Crippen LogP contribution in [0.1, 0.15) is 12.8 Å². The van der Waals surface area contributed by atoms with Crippen LogP contribution in [-0.4, -0.2) is 39.3 Å². The molecule has 1 fully saturated rings. The molecule has 0 spiro atoms. The first-order valence-corrected chi connectivity index (χ1v) is 9.23. The SMILES string of the molecule is CN(c1c(F)c(Cl)c(-c2ccn3nc(NC=O)cc3c2)c2cn[nH]c12)C1CC1. The molecule has 0 saturated heterocycles. The summed E-state index contributed by atoms with van der Waals surface area (Å²) in [5.74, 6) is -0.0289. The summed E-state index contributed by atoms with van der Waals surface area (Å²) in [6.45, 7) is 0.